The molecule has 0 amide bonds. The number of benzene rings is 2. The van der Waals surface area contributed by atoms with Crippen LogP contribution in [0.25, 0.3) is 0 Å². The number of ether oxygens (including phenoxy) is 1. The highest BCUT2D eigenvalue weighted by Gasteiger charge is 2.27. The van der Waals surface area contributed by atoms with Gasteiger partial charge in [0.1, 0.15) is 11.6 Å². The van der Waals surface area contributed by atoms with E-state index in [1.165, 1.54) is 11.3 Å². The number of aryl methyl sites for hydroxylation is 1. The van der Waals surface area contributed by atoms with Crippen molar-refractivity contribution in [2.45, 2.75) is 26.3 Å². The zero-order valence-electron chi connectivity index (χ0n) is 15.2. The molecule has 1 aromatic heterocycles. The van der Waals surface area contributed by atoms with Crippen LogP contribution in [0.5, 0.6) is 5.75 Å². The molecule has 26 heavy (non-hydrogen) atoms. The van der Waals surface area contributed by atoms with Gasteiger partial charge in [-0.05, 0) is 55.7 Å². The maximum absolute atomic E-state index is 5.44. The highest BCUT2D eigenvalue weighted by atomic mass is 16.5. The summed E-state index contributed by atoms with van der Waals surface area (Å²) in [7, 11) is 1.66. The van der Waals surface area contributed by atoms with Crippen LogP contribution in [-0.2, 0) is 6.42 Å². The van der Waals surface area contributed by atoms with Crippen LogP contribution < -0.4 is 15.0 Å². The first-order valence-corrected chi connectivity index (χ1v) is 8.77. The molecule has 0 spiro atoms. The first kappa shape index (κ1) is 16.4. The summed E-state index contributed by atoms with van der Waals surface area (Å²) >= 11 is 0. The molecule has 2 heterocycles. The molecule has 0 fully saturated rings. The monoisotopic (exact) mass is 346 g/mol. The fraction of sp³-hybridized carbons (Fsp3) is 0.238. The number of para-hydroxylation sites is 1. The summed E-state index contributed by atoms with van der Waals surface area (Å²) in [6.07, 6.45) is 2.81. The van der Waals surface area contributed by atoms with Crippen LogP contribution in [0.3, 0.4) is 0 Å². The van der Waals surface area contributed by atoms with E-state index in [9.17, 15) is 0 Å². The van der Waals surface area contributed by atoms with Gasteiger partial charge < -0.3 is 15.0 Å². The molecule has 1 N–H and O–H groups in total. The molecular formula is C21H22N4O. The molecule has 5 nitrogen and oxygen atoms in total. The summed E-state index contributed by atoms with van der Waals surface area (Å²) in [5.41, 5.74) is 4.58. The predicted molar refractivity (Wildman–Crippen MR) is 105 cm³/mol. The van der Waals surface area contributed by atoms with E-state index < -0.39 is 0 Å². The average Bonchev–Trinajstić information content (AvgIpc) is 2.98. The first-order chi connectivity index (χ1) is 12.7. The fourth-order valence-electron chi connectivity index (χ4n) is 3.50. The molecule has 3 aromatic rings. The normalized spacial score (nSPS) is 15.7. The number of rotatable bonds is 4. The Labute approximate surface area is 153 Å². The van der Waals surface area contributed by atoms with Crippen molar-refractivity contribution in [1.82, 2.24) is 9.97 Å². The van der Waals surface area contributed by atoms with E-state index in [2.05, 4.69) is 46.4 Å². The predicted octanol–water partition coefficient (Wildman–Crippen LogP) is 4.62. The standard InChI is InChI=1S/C21H22N4O/c1-14-8-9-19(26-3)17(12-14)23-21-22-11-10-20(24-21)25-15(2)13-16-6-4-5-7-18(16)25/h4-12,15H,13H2,1-3H3,(H,22,23,24). The molecule has 5 heteroatoms. The molecular weight excluding hydrogens is 324 g/mol. The number of aromatic nitrogens is 2. The van der Waals surface area contributed by atoms with Crippen LogP contribution in [0.4, 0.5) is 23.1 Å². The third-order valence-electron chi connectivity index (χ3n) is 4.70. The second-order valence-corrected chi connectivity index (χ2v) is 6.62. The van der Waals surface area contributed by atoms with E-state index in [-0.39, 0.29) is 0 Å². The number of fused-ring (bicyclic) bond motifs is 1. The van der Waals surface area contributed by atoms with E-state index in [0.717, 1.165) is 29.2 Å². The Morgan fingerprint density at radius 2 is 2.00 bits per heavy atom. The van der Waals surface area contributed by atoms with Gasteiger partial charge in [0.25, 0.3) is 0 Å². The lowest BCUT2D eigenvalue weighted by Crippen LogP contribution is -2.25. The van der Waals surface area contributed by atoms with Gasteiger partial charge in [-0.2, -0.15) is 4.98 Å². The molecule has 1 aliphatic rings. The molecule has 1 aliphatic heterocycles. The summed E-state index contributed by atoms with van der Waals surface area (Å²) in [4.78, 5) is 11.4. The Balaban J connectivity index is 1.67. The summed E-state index contributed by atoms with van der Waals surface area (Å²) in [5, 5.41) is 3.29. The van der Waals surface area contributed by atoms with Gasteiger partial charge >= 0.3 is 0 Å². The largest absolute Gasteiger partial charge is 0.495 e. The van der Waals surface area contributed by atoms with Gasteiger partial charge in [0.2, 0.25) is 5.95 Å². The molecule has 1 atom stereocenters. The maximum atomic E-state index is 5.44. The summed E-state index contributed by atoms with van der Waals surface area (Å²) in [5.74, 6) is 2.22. The van der Waals surface area contributed by atoms with E-state index >= 15 is 0 Å². The van der Waals surface area contributed by atoms with Crippen LogP contribution in [-0.4, -0.2) is 23.1 Å². The van der Waals surface area contributed by atoms with Crippen molar-refractivity contribution >= 4 is 23.1 Å². The lowest BCUT2D eigenvalue weighted by molar-refractivity contribution is 0.416. The molecule has 0 saturated heterocycles. The topological polar surface area (TPSA) is 50.3 Å². The minimum atomic E-state index is 0.364. The number of nitrogens with zero attached hydrogens (tertiary/aromatic N) is 3. The zero-order chi connectivity index (χ0) is 18.1. The molecule has 2 aromatic carbocycles. The Morgan fingerprint density at radius 3 is 2.85 bits per heavy atom. The van der Waals surface area contributed by atoms with Gasteiger partial charge in [0.15, 0.2) is 0 Å². The van der Waals surface area contributed by atoms with E-state index in [1.54, 1.807) is 13.3 Å². The molecule has 0 radical (unpaired) electrons. The van der Waals surface area contributed by atoms with Crippen LogP contribution in [0, 0.1) is 6.92 Å². The Morgan fingerprint density at radius 1 is 1.15 bits per heavy atom. The van der Waals surface area contributed by atoms with Crippen molar-refractivity contribution in [3.63, 3.8) is 0 Å². The van der Waals surface area contributed by atoms with E-state index in [4.69, 9.17) is 9.72 Å². The van der Waals surface area contributed by atoms with E-state index in [0.29, 0.717) is 12.0 Å². The van der Waals surface area contributed by atoms with Crippen LogP contribution in [0.1, 0.15) is 18.1 Å². The van der Waals surface area contributed by atoms with Crippen molar-refractivity contribution in [1.29, 1.82) is 0 Å². The minimum Gasteiger partial charge on any atom is -0.495 e. The van der Waals surface area contributed by atoms with E-state index in [1.807, 2.05) is 31.2 Å². The smallest absolute Gasteiger partial charge is 0.229 e. The van der Waals surface area contributed by atoms with Gasteiger partial charge in [-0.15, -0.1) is 0 Å². The Kier molecular flexibility index (Phi) is 4.21. The number of hydrogen-bond acceptors (Lipinski definition) is 5. The van der Waals surface area contributed by atoms with Gasteiger partial charge in [-0.1, -0.05) is 24.3 Å². The SMILES string of the molecule is COc1ccc(C)cc1Nc1nccc(N2c3ccccc3CC2C)n1. The third kappa shape index (κ3) is 2.96. The minimum absolute atomic E-state index is 0.364. The second-order valence-electron chi connectivity index (χ2n) is 6.62. The van der Waals surface area contributed by atoms with Crippen LogP contribution in [0.15, 0.2) is 54.7 Å². The van der Waals surface area contributed by atoms with Crippen molar-refractivity contribution in [2.75, 3.05) is 17.3 Å². The molecule has 0 saturated carbocycles. The van der Waals surface area contributed by atoms with Gasteiger partial charge in [-0.25, -0.2) is 4.98 Å². The summed E-state index contributed by atoms with van der Waals surface area (Å²) < 4.78 is 5.44. The molecule has 132 valence electrons. The average molecular weight is 346 g/mol. The third-order valence-corrected chi connectivity index (χ3v) is 4.70. The number of anilines is 4. The fourth-order valence-corrected chi connectivity index (χ4v) is 3.50. The summed E-state index contributed by atoms with van der Waals surface area (Å²) in [6, 6.07) is 16.8. The quantitative estimate of drug-likeness (QED) is 0.747. The number of methoxy groups -OCH3 is 1. The first-order valence-electron chi connectivity index (χ1n) is 8.77. The number of hydrogen-bond donors (Lipinski definition) is 1. The summed E-state index contributed by atoms with van der Waals surface area (Å²) in [6.45, 7) is 4.27. The highest BCUT2D eigenvalue weighted by molar-refractivity contribution is 5.70. The van der Waals surface area contributed by atoms with Gasteiger partial charge in [0.05, 0.1) is 12.8 Å². The van der Waals surface area contributed by atoms with Crippen LogP contribution >= 0.6 is 0 Å². The zero-order valence-corrected chi connectivity index (χ0v) is 15.2. The lowest BCUT2D eigenvalue weighted by atomic mass is 10.1. The van der Waals surface area contributed by atoms with Gasteiger partial charge in [0, 0.05) is 17.9 Å². The maximum Gasteiger partial charge on any atom is 0.229 e. The second kappa shape index (κ2) is 6.67. The molecule has 1 unspecified atom stereocenters. The van der Waals surface area contributed by atoms with Crippen molar-refractivity contribution in [3.8, 4) is 5.75 Å². The highest BCUT2D eigenvalue weighted by Crippen LogP contribution is 2.37. The molecule has 0 bridgehead atoms. The van der Waals surface area contributed by atoms with Gasteiger partial charge in [-0.3, -0.25) is 0 Å². The molecule has 0 aliphatic carbocycles. The lowest BCUT2D eigenvalue weighted by Gasteiger charge is -2.24. The Bertz CT molecular complexity index is 941. The van der Waals surface area contributed by atoms with Crippen molar-refractivity contribution in [3.05, 3.63) is 65.9 Å². The van der Waals surface area contributed by atoms with Crippen molar-refractivity contribution in [2.24, 2.45) is 0 Å². The molecule has 4 rings (SSSR count). The number of nitrogens with one attached hydrogen (secondary N) is 1. The van der Waals surface area contributed by atoms with Crippen molar-refractivity contribution < 1.29 is 4.74 Å². The Hall–Kier alpha value is -3.08. The van der Waals surface area contributed by atoms with Crippen LogP contribution in [0.2, 0.25) is 0 Å².